The number of imidazole rings is 1. The van der Waals surface area contributed by atoms with E-state index in [1.165, 1.54) is 17.7 Å². The number of aromatic nitrogens is 4. The van der Waals surface area contributed by atoms with Crippen LogP contribution in [0, 0.1) is 0 Å². The third kappa shape index (κ3) is 2.50. The molecule has 3 aromatic rings. The van der Waals surface area contributed by atoms with Crippen molar-refractivity contribution in [3.63, 3.8) is 0 Å². The Morgan fingerprint density at radius 3 is 3.05 bits per heavy atom. The molecular weight excluding hydrogens is 262 g/mol. The van der Waals surface area contributed by atoms with Crippen LogP contribution in [0.2, 0.25) is 0 Å². The molecule has 7 heteroatoms. The third-order valence-electron chi connectivity index (χ3n) is 2.45. The summed E-state index contributed by atoms with van der Waals surface area (Å²) in [5.41, 5.74) is 0.618. The highest BCUT2D eigenvalue weighted by atomic mass is 32.1. The molecule has 0 aliphatic rings. The van der Waals surface area contributed by atoms with Gasteiger partial charge in [0.15, 0.2) is 0 Å². The summed E-state index contributed by atoms with van der Waals surface area (Å²) < 4.78 is 1.74. The van der Waals surface area contributed by atoms with Gasteiger partial charge in [0.2, 0.25) is 0 Å². The van der Waals surface area contributed by atoms with E-state index >= 15 is 0 Å². The number of rotatable bonds is 3. The van der Waals surface area contributed by atoms with Crippen LogP contribution in [0.15, 0.2) is 47.9 Å². The van der Waals surface area contributed by atoms with E-state index in [4.69, 9.17) is 0 Å². The number of carbonyl (C=O) groups is 1. The van der Waals surface area contributed by atoms with Crippen molar-refractivity contribution < 1.29 is 4.79 Å². The highest BCUT2D eigenvalue weighted by molar-refractivity contribution is 7.08. The van der Waals surface area contributed by atoms with Gasteiger partial charge in [0.25, 0.3) is 5.91 Å². The number of hydrogen-bond acceptors (Lipinski definition) is 5. The molecule has 0 aromatic carbocycles. The van der Waals surface area contributed by atoms with Gasteiger partial charge in [-0.25, -0.2) is 15.0 Å². The molecule has 0 atom stereocenters. The predicted molar refractivity (Wildman–Crippen MR) is 71.4 cm³/mol. The first kappa shape index (κ1) is 11.5. The van der Waals surface area contributed by atoms with Gasteiger partial charge in [-0.3, -0.25) is 9.36 Å². The zero-order valence-electron chi connectivity index (χ0n) is 9.72. The molecule has 0 unspecified atom stereocenters. The molecule has 0 spiro atoms. The maximum absolute atomic E-state index is 11.9. The molecule has 0 radical (unpaired) electrons. The Hall–Kier alpha value is -2.54. The Morgan fingerprint density at radius 2 is 2.32 bits per heavy atom. The summed E-state index contributed by atoms with van der Waals surface area (Å²) >= 11 is 1.47. The van der Waals surface area contributed by atoms with Gasteiger partial charge in [-0.15, -0.1) is 0 Å². The molecule has 0 aliphatic heterocycles. The number of nitrogens with one attached hydrogen (secondary N) is 1. The van der Waals surface area contributed by atoms with Gasteiger partial charge >= 0.3 is 0 Å². The Labute approximate surface area is 112 Å². The van der Waals surface area contributed by atoms with E-state index in [0.29, 0.717) is 17.2 Å². The van der Waals surface area contributed by atoms with E-state index in [-0.39, 0.29) is 5.91 Å². The lowest BCUT2D eigenvalue weighted by atomic mass is 10.3. The van der Waals surface area contributed by atoms with Crippen LogP contribution in [0.1, 0.15) is 10.4 Å². The molecule has 0 aliphatic carbocycles. The monoisotopic (exact) mass is 271 g/mol. The maximum Gasteiger partial charge on any atom is 0.257 e. The Morgan fingerprint density at radius 1 is 1.37 bits per heavy atom. The summed E-state index contributed by atoms with van der Waals surface area (Å²) in [6.45, 7) is 0. The second-order valence-electron chi connectivity index (χ2n) is 3.70. The molecule has 19 heavy (non-hydrogen) atoms. The van der Waals surface area contributed by atoms with Crippen LogP contribution in [-0.2, 0) is 0 Å². The van der Waals surface area contributed by atoms with Crippen molar-refractivity contribution in [3.8, 4) is 5.82 Å². The Balaban J connectivity index is 1.82. The van der Waals surface area contributed by atoms with Crippen molar-refractivity contribution in [2.24, 2.45) is 0 Å². The van der Waals surface area contributed by atoms with E-state index in [1.807, 2.05) is 5.38 Å². The SMILES string of the molecule is O=C(Nc1cc(-n2ccnc2)ncn1)c1ccsc1. The van der Waals surface area contributed by atoms with Crippen molar-refractivity contribution in [2.75, 3.05) is 5.32 Å². The van der Waals surface area contributed by atoms with E-state index in [0.717, 1.165) is 0 Å². The summed E-state index contributed by atoms with van der Waals surface area (Å²) in [5.74, 6) is 0.916. The topological polar surface area (TPSA) is 72.7 Å². The number of carbonyl (C=O) groups excluding carboxylic acids is 1. The first-order valence-electron chi connectivity index (χ1n) is 5.47. The molecule has 94 valence electrons. The van der Waals surface area contributed by atoms with Gasteiger partial charge in [-0.05, 0) is 11.4 Å². The number of thiophene rings is 1. The maximum atomic E-state index is 11.9. The minimum Gasteiger partial charge on any atom is -0.306 e. The van der Waals surface area contributed by atoms with Crippen LogP contribution in [0.25, 0.3) is 5.82 Å². The summed E-state index contributed by atoms with van der Waals surface area (Å²) in [6.07, 6.45) is 6.46. The van der Waals surface area contributed by atoms with Crippen molar-refractivity contribution in [2.45, 2.75) is 0 Å². The lowest BCUT2D eigenvalue weighted by Crippen LogP contribution is -2.12. The molecule has 3 heterocycles. The normalized spacial score (nSPS) is 10.3. The van der Waals surface area contributed by atoms with Crippen LogP contribution in [0.5, 0.6) is 0 Å². The molecule has 1 N–H and O–H groups in total. The van der Waals surface area contributed by atoms with Gasteiger partial charge in [0, 0.05) is 23.8 Å². The van der Waals surface area contributed by atoms with Crippen LogP contribution in [-0.4, -0.2) is 25.4 Å². The van der Waals surface area contributed by atoms with E-state index in [2.05, 4.69) is 20.3 Å². The summed E-state index contributed by atoms with van der Waals surface area (Å²) in [5, 5.41) is 6.37. The fourth-order valence-electron chi connectivity index (χ4n) is 1.53. The Kier molecular flexibility index (Phi) is 3.03. The quantitative estimate of drug-likeness (QED) is 0.790. The lowest BCUT2D eigenvalue weighted by Gasteiger charge is -2.05. The highest BCUT2D eigenvalue weighted by Gasteiger charge is 2.08. The number of amides is 1. The van der Waals surface area contributed by atoms with Crippen LogP contribution < -0.4 is 5.32 Å². The van der Waals surface area contributed by atoms with Gasteiger partial charge in [0.1, 0.15) is 24.3 Å². The molecule has 0 bridgehead atoms. The minimum atomic E-state index is -0.184. The molecule has 1 amide bonds. The smallest absolute Gasteiger partial charge is 0.257 e. The lowest BCUT2D eigenvalue weighted by molar-refractivity contribution is 0.102. The molecule has 0 saturated heterocycles. The zero-order chi connectivity index (χ0) is 13.1. The van der Waals surface area contributed by atoms with Gasteiger partial charge in [-0.1, -0.05) is 0 Å². The zero-order valence-corrected chi connectivity index (χ0v) is 10.5. The van der Waals surface area contributed by atoms with Crippen molar-refractivity contribution >= 4 is 23.1 Å². The van der Waals surface area contributed by atoms with Crippen LogP contribution >= 0.6 is 11.3 Å². The fraction of sp³-hybridized carbons (Fsp3) is 0. The van der Waals surface area contributed by atoms with Crippen molar-refractivity contribution in [1.29, 1.82) is 0 Å². The first-order chi connectivity index (χ1) is 9.33. The molecule has 3 rings (SSSR count). The third-order valence-corrected chi connectivity index (χ3v) is 3.13. The first-order valence-corrected chi connectivity index (χ1v) is 6.41. The molecule has 0 fully saturated rings. The number of hydrogen-bond donors (Lipinski definition) is 1. The molecule has 0 saturated carbocycles. The molecule has 6 nitrogen and oxygen atoms in total. The Bertz CT molecular complexity index is 678. The average molecular weight is 271 g/mol. The van der Waals surface area contributed by atoms with E-state index in [1.54, 1.807) is 40.8 Å². The van der Waals surface area contributed by atoms with Gasteiger partial charge in [-0.2, -0.15) is 11.3 Å². The average Bonchev–Trinajstić information content (AvgIpc) is 3.13. The predicted octanol–water partition coefficient (Wildman–Crippen LogP) is 1.98. The summed E-state index contributed by atoms with van der Waals surface area (Å²) in [6, 6.07) is 3.45. The molecule has 3 aromatic heterocycles. The van der Waals surface area contributed by atoms with Gasteiger partial charge in [0.05, 0.1) is 5.56 Å². The van der Waals surface area contributed by atoms with Crippen LogP contribution in [0.4, 0.5) is 5.82 Å². The van der Waals surface area contributed by atoms with Gasteiger partial charge < -0.3 is 5.32 Å². The largest absolute Gasteiger partial charge is 0.306 e. The summed E-state index contributed by atoms with van der Waals surface area (Å²) in [7, 11) is 0. The molecular formula is C12H9N5OS. The van der Waals surface area contributed by atoms with E-state index < -0.39 is 0 Å². The second-order valence-corrected chi connectivity index (χ2v) is 4.48. The fourth-order valence-corrected chi connectivity index (χ4v) is 2.17. The number of anilines is 1. The second kappa shape index (κ2) is 4.99. The van der Waals surface area contributed by atoms with Crippen LogP contribution in [0.3, 0.4) is 0 Å². The minimum absolute atomic E-state index is 0.184. The number of nitrogens with zero attached hydrogens (tertiary/aromatic N) is 4. The van der Waals surface area contributed by atoms with Crippen molar-refractivity contribution in [3.05, 3.63) is 53.5 Å². The summed E-state index contributed by atoms with van der Waals surface area (Å²) in [4.78, 5) is 24.0. The van der Waals surface area contributed by atoms with E-state index in [9.17, 15) is 4.79 Å². The van der Waals surface area contributed by atoms with Crippen molar-refractivity contribution in [1.82, 2.24) is 19.5 Å². The standard InChI is InChI=1S/C12H9N5OS/c18-12(9-1-4-19-6-9)16-10-5-11(15-7-14-10)17-3-2-13-8-17/h1-8H,(H,14,15,16,18). The highest BCUT2D eigenvalue weighted by Crippen LogP contribution is 2.11.